The summed E-state index contributed by atoms with van der Waals surface area (Å²) in [7, 11) is 0. The molecule has 0 radical (unpaired) electrons. The lowest BCUT2D eigenvalue weighted by Crippen LogP contribution is -2.43. The van der Waals surface area contributed by atoms with Crippen molar-refractivity contribution in [1.82, 2.24) is 0 Å². The first-order chi connectivity index (χ1) is 12.0. The molecule has 0 N–H and O–H groups in total. The van der Waals surface area contributed by atoms with Crippen LogP contribution in [0, 0.1) is 16.7 Å². The molecule has 1 aromatic carbocycles. The number of rotatable bonds is 3. The molecule has 0 heterocycles. The largest absolute Gasteiger partial charge is 0.459 e. The molecular weight excluding hydrogens is 373 g/mol. The number of hydrogen-bond donors (Lipinski definition) is 0. The zero-order valence-corrected chi connectivity index (χ0v) is 16.3. The molecule has 4 nitrogen and oxygen atoms in total. The van der Waals surface area contributed by atoms with Crippen LogP contribution < -0.4 is 0 Å². The van der Waals surface area contributed by atoms with Gasteiger partial charge in [0.25, 0.3) is 0 Å². The summed E-state index contributed by atoms with van der Waals surface area (Å²) in [6, 6.07) is 6.94. The Bertz CT molecular complexity index is 846. The third kappa shape index (κ3) is 3.85. The third-order valence-electron chi connectivity index (χ3n) is 4.10. The molecule has 2 rings (SSSR count). The summed E-state index contributed by atoms with van der Waals surface area (Å²) < 4.78 is 5.51. The van der Waals surface area contributed by atoms with Gasteiger partial charge in [-0.15, -0.1) is 0 Å². The summed E-state index contributed by atoms with van der Waals surface area (Å²) in [6.45, 7) is 9.12. The van der Waals surface area contributed by atoms with Crippen molar-refractivity contribution < 1.29 is 14.3 Å². The maximum atomic E-state index is 13.0. The standard InChI is InChI=1S/C20H19Cl2NO3/c1-12-7-13(10-24)9-20(11-23,18(25)26-19(2,3)4)17(12)15-6-5-14(21)8-16(15)22/h5-8,10,17H,1,9H2,2-4H3/t17-,20+/m1/s1. The number of esters is 1. The van der Waals surface area contributed by atoms with Gasteiger partial charge in [0, 0.05) is 22.4 Å². The van der Waals surface area contributed by atoms with E-state index >= 15 is 0 Å². The minimum Gasteiger partial charge on any atom is -0.459 e. The summed E-state index contributed by atoms with van der Waals surface area (Å²) in [4.78, 5) is 24.4. The maximum absolute atomic E-state index is 13.0. The van der Waals surface area contributed by atoms with E-state index in [9.17, 15) is 14.9 Å². The second-order valence-corrected chi connectivity index (χ2v) is 8.12. The van der Waals surface area contributed by atoms with Crippen molar-refractivity contribution in [3.05, 3.63) is 57.6 Å². The first-order valence-electron chi connectivity index (χ1n) is 7.98. The van der Waals surface area contributed by atoms with E-state index in [1.54, 1.807) is 45.0 Å². The van der Waals surface area contributed by atoms with E-state index in [0.29, 0.717) is 33.0 Å². The fraction of sp³-hybridized carbons (Fsp3) is 0.350. The molecule has 2 atom stereocenters. The lowest BCUT2D eigenvalue weighted by atomic mass is 9.63. The Morgan fingerprint density at radius 3 is 2.58 bits per heavy atom. The molecule has 0 aromatic heterocycles. The second kappa shape index (κ2) is 7.26. The molecule has 1 aliphatic rings. The first-order valence-corrected chi connectivity index (χ1v) is 8.74. The fourth-order valence-electron chi connectivity index (χ4n) is 3.10. The minimum atomic E-state index is -1.65. The monoisotopic (exact) mass is 391 g/mol. The molecule has 0 fully saturated rings. The van der Waals surface area contributed by atoms with Crippen LogP contribution in [0.4, 0.5) is 0 Å². The Morgan fingerprint density at radius 1 is 1.42 bits per heavy atom. The molecule has 26 heavy (non-hydrogen) atoms. The molecule has 0 saturated heterocycles. The Morgan fingerprint density at radius 2 is 2.08 bits per heavy atom. The van der Waals surface area contributed by atoms with Crippen LogP contribution in [-0.2, 0) is 14.3 Å². The highest BCUT2D eigenvalue weighted by Gasteiger charge is 2.53. The van der Waals surface area contributed by atoms with E-state index in [1.807, 2.05) is 0 Å². The number of hydrogen-bond acceptors (Lipinski definition) is 4. The van der Waals surface area contributed by atoms with E-state index in [1.165, 1.54) is 0 Å². The van der Waals surface area contributed by atoms with Crippen molar-refractivity contribution in [2.75, 3.05) is 0 Å². The highest BCUT2D eigenvalue weighted by atomic mass is 35.5. The van der Waals surface area contributed by atoms with Crippen molar-refractivity contribution in [2.24, 2.45) is 5.41 Å². The third-order valence-corrected chi connectivity index (χ3v) is 4.67. The molecule has 0 bridgehead atoms. The lowest BCUT2D eigenvalue weighted by molar-refractivity contribution is -0.165. The molecule has 6 heteroatoms. The van der Waals surface area contributed by atoms with E-state index in [4.69, 9.17) is 27.9 Å². The molecule has 0 spiro atoms. The Kier molecular flexibility index (Phi) is 5.65. The quantitative estimate of drug-likeness (QED) is 0.536. The van der Waals surface area contributed by atoms with Gasteiger partial charge in [-0.05, 0) is 49.6 Å². The van der Waals surface area contributed by atoms with Gasteiger partial charge in [-0.3, -0.25) is 9.59 Å². The van der Waals surface area contributed by atoms with Gasteiger partial charge in [-0.1, -0.05) is 41.9 Å². The van der Waals surface area contributed by atoms with Crippen LogP contribution in [0.15, 0.2) is 42.0 Å². The van der Waals surface area contributed by atoms with Gasteiger partial charge in [0.1, 0.15) is 11.9 Å². The van der Waals surface area contributed by atoms with Crippen molar-refractivity contribution in [3.8, 4) is 6.07 Å². The summed E-state index contributed by atoms with van der Waals surface area (Å²) in [5, 5.41) is 10.8. The lowest BCUT2D eigenvalue weighted by Gasteiger charge is -2.39. The molecule has 1 aliphatic carbocycles. The Balaban J connectivity index is 2.69. The second-order valence-electron chi connectivity index (χ2n) is 7.27. The van der Waals surface area contributed by atoms with Gasteiger partial charge in [0.05, 0.1) is 6.07 Å². The van der Waals surface area contributed by atoms with Crippen molar-refractivity contribution in [1.29, 1.82) is 5.26 Å². The van der Waals surface area contributed by atoms with Gasteiger partial charge in [-0.2, -0.15) is 5.26 Å². The first kappa shape index (κ1) is 20.2. The summed E-state index contributed by atoms with van der Waals surface area (Å²) in [5.41, 5.74) is -1.15. The van der Waals surface area contributed by atoms with E-state index in [0.717, 1.165) is 0 Å². The normalized spacial score (nSPS) is 23.0. The van der Waals surface area contributed by atoms with Gasteiger partial charge in [0.15, 0.2) is 5.41 Å². The van der Waals surface area contributed by atoms with Gasteiger partial charge < -0.3 is 4.74 Å². The summed E-state index contributed by atoms with van der Waals surface area (Å²) >= 11 is 12.3. The smallest absolute Gasteiger partial charge is 0.328 e. The SMILES string of the molecule is C=C1C=C(C=O)C[C@@](C#N)(C(=O)OC(C)(C)C)[C@H]1c1ccc(Cl)cc1Cl. The van der Waals surface area contributed by atoms with Crippen molar-refractivity contribution in [3.63, 3.8) is 0 Å². The predicted octanol–water partition coefficient (Wildman–Crippen LogP) is 5.01. The van der Waals surface area contributed by atoms with Crippen LogP contribution in [0.3, 0.4) is 0 Å². The van der Waals surface area contributed by atoms with Gasteiger partial charge in [-0.25, -0.2) is 0 Å². The number of nitrogens with zero attached hydrogens (tertiary/aromatic N) is 1. The van der Waals surface area contributed by atoms with Crippen molar-refractivity contribution in [2.45, 2.75) is 38.7 Å². The molecule has 1 aromatic rings. The number of carbonyl (C=O) groups is 2. The molecular formula is C20H19Cl2NO3. The minimum absolute atomic E-state index is 0.0788. The number of ether oxygens (including phenoxy) is 1. The topological polar surface area (TPSA) is 67.2 Å². The number of allylic oxidation sites excluding steroid dienone is 3. The number of halogens is 2. The average molecular weight is 392 g/mol. The van der Waals surface area contributed by atoms with Crippen LogP contribution in [0.5, 0.6) is 0 Å². The number of aldehydes is 1. The van der Waals surface area contributed by atoms with Crippen LogP contribution >= 0.6 is 23.2 Å². The zero-order valence-electron chi connectivity index (χ0n) is 14.8. The van der Waals surface area contributed by atoms with Crippen LogP contribution in [0.25, 0.3) is 0 Å². The maximum Gasteiger partial charge on any atom is 0.328 e. The predicted molar refractivity (Wildman–Crippen MR) is 101 cm³/mol. The van der Waals surface area contributed by atoms with Gasteiger partial charge >= 0.3 is 5.97 Å². The van der Waals surface area contributed by atoms with E-state index < -0.39 is 22.9 Å². The molecule has 0 unspecified atom stereocenters. The summed E-state index contributed by atoms with van der Waals surface area (Å²) in [5.74, 6) is -1.46. The number of nitriles is 1. The van der Waals surface area contributed by atoms with Crippen LogP contribution in [0.2, 0.25) is 10.0 Å². The van der Waals surface area contributed by atoms with E-state index in [2.05, 4.69) is 12.6 Å². The van der Waals surface area contributed by atoms with Gasteiger partial charge in [0.2, 0.25) is 0 Å². The molecule has 0 saturated carbocycles. The average Bonchev–Trinajstić information content (AvgIpc) is 2.53. The zero-order chi connectivity index (χ0) is 19.7. The number of carbonyl (C=O) groups excluding carboxylic acids is 2. The van der Waals surface area contributed by atoms with Crippen molar-refractivity contribution >= 4 is 35.5 Å². The molecule has 0 amide bonds. The molecule has 136 valence electrons. The van der Waals surface area contributed by atoms with Crippen LogP contribution in [0.1, 0.15) is 38.7 Å². The van der Waals surface area contributed by atoms with E-state index in [-0.39, 0.29) is 6.42 Å². The highest BCUT2D eigenvalue weighted by molar-refractivity contribution is 6.35. The highest BCUT2D eigenvalue weighted by Crippen LogP contribution is 2.51. The summed E-state index contributed by atoms with van der Waals surface area (Å²) in [6.07, 6.45) is 2.13. The molecule has 0 aliphatic heterocycles. The fourth-order valence-corrected chi connectivity index (χ4v) is 3.62. The Labute approximate surface area is 163 Å². The number of benzene rings is 1. The van der Waals surface area contributed by atoms with Crippen LogP contribution in [-0.4, -0.2) is 17.9 Å². The Hall–Kier alpha value is -2.09.